The lowest BCUT2D eigenvalue weighted by Crippen LogP contribution is -2.73. The first-order valence-electron chi connectivity index (χ1n) is 15.6. The lowest BCUT2D eigenvalue weighted by Gasteiger charge is -2.54. The van der Waals surface area contributed by atoms with Crippen LogP contribution in [0.2, 0.25) is 0 Å². The van der Waals surface area contributed by atoms with Crippen molar-refractivity contribution >= 4 is 17.9 Å². The second-order valence-electron chi connectivity index (χ2n) is 12.2. The number of fused-ring (bicyclic) bond motifs is 1. The topological polar surface area (TPSA) is 105 Å². The zero-order valence-corrected chi connectivity index (χ0v) is 25.5. The van der Waals surface area contributed by atoms with Crippen LogP contribution in [0.4, 0.5) is 18.0 Å². The highest BCUT2D eigenvalue weighted by Gasteiger charge is 2.52. The van der Waals surface area contributed by atoms with Crippen molar-refractivity contribution in [3.8, 4) is 0 Å². The molecule has 0 aliphatic carbocycles. The first-order chi connectivity index (χ1) is 21.5. The van der Waals surface area contributed by atoms with Crippen molar-refractivity contribution in [1.82, 2.24) is 14.7 Å². The van der Waals surface area contributed by atoms with Crippen molar-refractivity contribution in [2.24, 2.45) is 11.7 Å². The van der Waals surface area contributed by atoms with Gasteiger partial charge in [0, 0.05) is 19.7 Å². The minimum absolute atomic E-state index is 0.0484. The van der Waals surface area contributed by atoms with Crippen LogP contribution in [0, 0.1) is 12.8 Å². The number of hydrogen-bond acceptors (Lipinski definition) is 6. The third-order valence-corrected chi connectivity index (χ3v) is 8.78. The lowest BCUT2D eigenvalue weighted by molar-refractivity contribution is -0.174. The summed E-state index contributed by atoms with van der Waals surface area (Å²) in [5, 5.41) is 0. The van der Waals surface area contributed by atoms with Crippen LogP contribution in [0.15, 0.2) is 48.5 Å². The minimum atomic E-state index is -4.54. The zero-order valence-electron chi connectivity index (χ0n) is 25.5. The van der Waals surface area contributed by atoms with Crippen molar-refractivity contribution in [3.63, 3.8) is 0 Å². The van der Waals surface area contributed by atoms with E-state index in [1.165, 1.54) is 4.90 Å². The van der Waals surface area contributed by atoms with Crippen LogP contribution in [-0.4, -0.2) is 83.7 Å². The second kappa shape index (κ2) is 14.2. The van der Waals surface area contributed by atoms with Gasteiger partial charge in [0.05, 0.1) is 24.1 Å². The molecule has 3 fully saturated rings. The summed E-state index contributed by atoms with van der Waals surface area (Å²) in [5.41, 5.74) is 6.43. The van der Waals surface area contributed by atoms with Gasteiger partial charge in [0.2, 0.25) is 11.8 Å². The number of nitrogens with two attached hydrogens (primary N) is 1. The molecule has 0 aromatic heterocycles. The number of benzene rings is 2. The van der Waals surface area contributed by atoms with Crippen molar-refractivity contribution in [3.05, 3.63) is 70.8 Å². The Labute approximate surface area is 261 Å². The molecule has 2 aromatic rings. The summed E-state index contributed by atoms with van der Waals surface area (Å²) in [6.07, 6.45) is -2.44. The van der Waals surface area contributed by atoms with Crippen LogP contribution in [0.1, 0.15) is 54.4 Å². The summed E-state index contributed by atoms with van der Waals surface area (Å²) in [6.45, 7) is 2.74. The quantitative estimate of drug-likeness (QED) is 0.388. The molecule has 2 aromatic carbocycles. The molecule has 2 N–H and O–H groups in total. The van der Waals surface area contributed by atoms with Gasteiger partial charge in [0.25, 0.3) is 0 Å². The molecule has 5 rings (SSSR count). The standard InChI is InChI=1S/C33H41F3N4O5/c1-22-14-24(17-26(15-22)33(34,35)36)21-45-32(43)39-18-25(16-23-8-3-2-4-9-23)30(41)40-28(11-5-6-12-37)31(42)38(20-29(39)40)19-27-10-7-13-44-27/h2-4,8-9,14-15,17,25,27-29H,5-7,10-13,16,18-21,37H2,1H3/t25-,27?,28-,29+/m0/s1. The molecule has 3 aliphatic rings. The highest BCUT2D eigenvalue weighted by atomic mass is 19.4. The first-order valence-corrected chi connectivity index (χ1v) is 15.6. The maximum atomic E-state index is 14.1. The molecule has 3 aliphatic heterocycles. The highest BCUT2D eigenvalue weighted by molar-refractivity contribution is 5.91. The molecule has 3 amide bonds. The average Bonchev–Trinajstić information content (AvgIpc) is 3.52. The van der Waals surface area contributed by atoms with Crippen LogP contribution < -0.4 is 5.73 Å². The van der Waals surface area contributed by atoms with E-state index in [0.29, 0.717) is 50.9 Å². The number of aryl methyl sites for hydroxylation is 1. The molecule has 3 heterocycles. The van der Waals surface area contributed by atoms with Crippen molar-refractivity contribution in [1.29, 1.82) is 0 Å². The number of carbonyl (C=O) groups excluding carboxylic acids is 3. The summed E-state index contributed by atoms with van der Waals surface area (Å²) in [7, 11) is 0. The number of nitrogens with zero attached hydrogens (tertiary/aromatic N) is 3. The maximum absolute atomic E-state index is 14.1. The highest BCUT2D eigenvalue weighted by Crippen LogP contribution is 2.34. The smallest absolute Gasteiger partial charge is 0.416 e. The van der Waals surface area contributed by atoms with Gasteiger partial charge in [-0.25, -0.2) is 4.79 Å². The number of unbranched alkanes of at least 4 members (excludes halogenated alkanes) is 1. The van der Waals surface area contributed by atoms with E-state index >= 15 is 0 Å². The summed E-state index contributed by atoms with van der Waals surface area (Å²) in [4.78, 5) is 46.6. The van der Waals surface area contributed by atoms with Crippen molar-refractivity contribution in [2.75, 3.05) is 32.8 Å². The van der Waals surface area contributed by atoms with Crippen molar-refractivity contribution < 1.29 is 37.0 Å². The fourth-order valence-electron chi connectivity index (χ4n) is 6.64. The summed E-state index contributed by atoms with van der Waals surface area (Å²) >= 11 is 0. The van der Waals surface area contributed by atoms with E-state index in [0.717, 1.165) is 30.5 Å². The van der Waals surface area contributed by atoms with Gasteiger partial charge in [-0.3, -0.25) is 14.5 Å². The number of alkyl halides is 3. The second-order valence-corrected chi connectivity index (χ2v) is 12.2. The number of piperazine rings is 1. The Morgan fingerprint density at radius 1 is 1.04 bits per heavy atom. The van der Waals surface area contributed by atoms with E-state index < -0.39 is 36.0 Å². The van der Waals surface area contributed by atoms with Gasteiger partial charge >= 0.3 is 12.3 Å². The van der Waals surface area contributed by atoms with E-state index in [1.807, 2.05) is 30.3 Å². The number of hydrogen-bond donors (Lipinski definition) is 1. The molecule has 1 unspecified atom stereocenters. The van der Waals surface area contributed by atoms with E-state index in [4.69, 9.17) is 15.2 Å². The Kier molecular flexibility index (Phi) is 10.3. The SMILES string of the molecule is Cc1cc(COC(=O)N2C[C@H](Cc3ccccc3)C(=O)N3[C@@H]2CN(CC2CCCO2)C(=O)[C@@H]3CCCCN)cc(C(F)(F)F)c1. The molecule has 4 atom stereocenters. The molecular formula is C33H41F3N4O5. The van der Waals surface area contributed by atoms with Crippen LogP contribution >= 0.6 is 0 Å². The van der Waals surface area contributed by atoms with Crippen LogP contribution in [0.3, 0.4) is 0 Å². The summed E-state index contributed by atoms with van der Waals surface area (Å²) < 4.78 is 51.8. The third kappa shape index (κ3) is 7.78. The molecular weight excluding hydrogens is 589 g/mol. The van der Waals surface area contributed by atoms with E-state index in [-0.39, 0.29) is 43.2 Å². The van der Waals surface area contributed by atoms with E-state index in [1.54, 1.807) is 22.8 Å². The number of rotatable bonds is 10. The molecule has 0 spiro atoms. The van der Waals surface area contributed by atoms with E-state index in [9.17, 15) is 27.6 Å². The van der Waals surface area contributed by atoms with Gasteiger partial charge in [0.1, 0.15) is 18.8 Å². The molecule has 0 bridgehead atoms. The molecule has 244 valence electrons. The Bertz CT molecular complexity index is 1350. The van der Waals surface area contributed by atoms with Gasteiger partial charge in [-0.1, -0.05) is 42.0 Å². The van der Waals surface area contributed by atoms with Gasteiger partial charge in [-0.15, -0.1) is 0 Å². The third-order valence-electron chi connectivity index (χ3n) is 8.78. The van der Waals surface area contributed by atoms with Gasteiger partial charge < -0.3 is 25.0 Å². The predicted molar refractivity (Wildman–Crippen MR) is 160 cm³/mol. The number of carbonyl (C=O) groups is 3. The van der Waals surface area contributed by atoms with Gasteiger partial charge in [0.15, 0.2) is 0 Å². The Hall–Kier alpha value is -3.64. The molecule has 12 heteroatoms. The summed E-state index contributed by atoms with van der Waals surface area (Å²) in [6, 6.07) is 12.2. The fourth-order valence-corrected chi connectivity index (χ4v) is 6.64. The Morgan fingerprint density at radius 2 is 1.82 bits per heavy atom. The largest absolute Gasteiger partial charge is 0.444 e. The number of amides is 3. The normalized spacial score (nSPS) is 23.8. The molecule has 3 saturated heterocycles. The maximum Gasteiger partial charge on any atom is 0.416 e. The zero-order chi connectivity index (χ0) is 32.1. The monoisotopic (exact) mass is 630 g/mol. The fraction of sp³-hybridized carbons (Fsp3) is 0.545. The number of halogens is 3. The molecule has 0 saturated carbocycles. The van der Waals surface area contributed by atoms with Crippen LogP contribution in [0.5, 0.6) is 0 Å². The minimum Gasteiger partial charge on any atom is -0.444 e. The molecule has 9 nitrogen and oxygen atoms in total. The summed E-state index contributed by atoms with van der Waals surface area (Å²) in [5.74, 6) is -1.02. The van der Waals surface area contributed by atoms with Crippen LogP contribution in [-0.2, 0) is 38.3 Å². The first kappa shape index (κ1) is 32.7. The van der Waals surface area contributed by atoms with Gasteiger partial charge in [-0.2, -0.15) is 13.2 Å². The Balaban J connectivity index is 1.43. The van der Waals surface area contributed by atoms with Gasteiger partial charge in [-0.05, 0) is 75.3 Å². The van der Waals surface area contributed by atoms with Crippen molar-refractivity contribution in [2.45, 2.75) is 76.5 Å². The average molecular weight is 631 g/mol. The Morgan fingerprint density at radius 3 is 2.51 bits per heavy atom. The predicted octanol–water partition coefficient (Wildman–Crippen LogP) is 4.50. The van der Waals surface area contributed by atoms with E-state index in [2.05, 4.69) is 0 Å². The number of ether oxygens (including phenoxy) is 2. The van der Waals surface area contributed by atoms with Crippen LogP contribution in [0.25, 0.3) is 0 Å². The lowest BCUT2D eigenvalue weighted by atomic mass is 9.90. The molecule has 0 radical (unpaired) electrons. The molecule has 45 heavy (non-hydrogen) atoms.